The highest BCUT2D eigenvalue weighted by atomic mass is 79.9. The molecule has 0 radical (unpaired) electrons. The van der Waals surface area contributed by atoms with E-state index in [-0.39, 0.29) is 6.10 Å². The first kappa shape index (κ1) is 13.4. The molecule has 0 N–H and O–H groups in total. The van der Waals surface area contributed by atoms with Crippen LogP contribution in [0.15, 0.2) is 22.7 Å². The largest absolute Gasteiger partial charge is 0.484 e. The van der Waals surface area contributed by atoms with Crippen LogP contribution in [0.4, 0.5) is 0 Å². The van der Waals surface area contributed by atoms with Crippen LogP contribution in [0, 0.1) is 0 Å². The Labute approximate surface area is 119 Å². The summed E-state index contributed by atoms with van der Waals surface area (Å²) in [5.41, 5.74) is 0.774. The summed E-state index contributed by atoms with van der Waals surface area (Å²) in [5.74, 6) is 0.892. The molecule has 0 saturated heterocycles. The number of rotatable bonds is 3. The zero-order chi connectivity index (χ0) is 13.3. The lowest BCUT2D eigenvalue weighted by atomic mass is 10.2. The lowest BCUT2D eigenvalue weighted by Crippen LogP contribution is -2.08. The molecule has 0 amide bonds. The second-order valence-electron chi connectivity index (χ2n) is 4.09. The lowest BCUT2D eigenvalue weighted by molar-refractivity contribution is 0.228. The van der Waals surface area contributed by atoms with Crippen molar-refractivity contribution in [3.05, 3.63) is 27.7 Å². The van der Waals surface area contributed by atoms with Crippen LogP contribution < -0.4 is 9.47 Å². The van der Waals surface area contributed by atoms with Gasteiger partial charge in [0.1, 0.15) is 0 Å². The highest BCUT2D eigenvalue weighted by molar-refractivity contribution is 9.10. The van der Waals surface area contributed by atoms with Crippen molar-refractivity contribution in [3.8, 4) is 11.6 Å². The van der Waals surface area contributed by atoms with Crippen LogP contribution in [0.1, 0.15) is 13.8 Å². The van der Waals surface area contributed by atoms with Crippen LogP contribution in [0.2, 0.25) is 5.02 Å². The van der Waals surface area contributed by atoms with Crippen molar-refractivity contribution in [3.63, 3.8) is 0 Å². The fourth-order valence-electron chi connectivity index (χ4n) is 1.63. The molecule has 1 heterocycles. The second kappa shape index (κ2) is 5.33. The zero-order valence-electron chi connectivity index (χ0n) is 10.3. The molecule has 3 nitrogen and oxygen atoms in total. The van der Waals surface area contributed by atoms with E-state index >= 15 is 0 Å². The van der Waals surface area contributed by atoms with E-state index in [2.05, 4.69) is 20.9 Å². The Morgan fingerprint density at radius 3 is 2.67 bits per heavy atom. The quantitative estimate of drug-likeness (QED) is 0.833. The van der Waals surface area contributed by atoms with Gasteiger partial charge in [-0.25, -0.2) is 4.98 Å². The van der Waals surface area contributed by atoms with Gasteiger partial charge in [0, 0.05) is 9.86 Å². The molecule has 1 aromatic carbocycles. The van der Waals surface area contributed by atoms with Gasteiger partial charge < -0.3 is 9.47 Å². The van der Waals surface area contributed by atoms with Crippen molar-refractivity contribution >= 4 is 38.4 Å². The van der Waals surface area contributed by atoms with Crippen molar-refractivity contribution in [2.24, 2.45) is 0 Å². The van der Waals surface area contributed by atoms with Gasteiger partial charge in [0.05, 0.1) is 23.8 Å². The molecule has 0 aliphatic rings. The average Bonchev–Trinajstić information content (AvgIpc) is 2.33. The number of hydrogen-bond donors (Lipinski definition) is 0. The predicted molar refractivity (Wildman–Crippen MR) is 76.8 cm³/mol. The molecule has 0 spiro atoms. The van der Waals surface area contributed by atoms with Crippen molar-refractivity contribution in [1.82, 2.24) is 4.98 Å². The SMILES string of the molecule is COc1nc2ccc(Br)cc2c(Cl)c1OC(C)C. The van der Waals surface area contributed by atoms with E-state index < -0.39 is 0 Å². The molecule has 2 aromatic rings. The Balaban J connectivity index is 2.70. The van der Waals surface area contributed by atoms with Gasteiger partial charge in [-0.1, -0.05) is 27.5 Å². The van der Waals surface area contributed by atoms with E-state index in [0.717, 1.165) is 15.4 Å². The summed E-state index contributed by atoms with van der Waals surface area (Å²) >= 11 is 9.79. The summed E-state index contributed by atoms with van der Waals surface area (Å²) in [6.07, 6.45) is 0.00260. The number of hydrogen-bond acceptors (Lipinski definition) is 3. The third-order valence-corrected chi connectivity index (χ3v) is 3.23. The summed E-state index contributed by atoms with van der Waals surface area (Å²) in [6, 6.07) is 5.71. The van der Waals surface area contributed by atoms with Gasteiger partial charge in [0.2, 0.25) is 5.75 Å². The van der Waals surface area contributed by atoms with E-state index in [1.54, 1.807) is 7.11 Å². The molecule has 0 bridgehead atoms. The van der Waals surface area contributed by atoms with Crippen LogP contribution in [0.25, 0.3) is 10.9 Å². The maximum atomic E-state index is 6.38. The molecule has 1 aromatic heterocycles. The molecule has 5 heteroatoms. The van der Waals surface area contributed by atoms with E-state index in [9.17, 15) is 0 Å². The number of ether oxygens (including phenoxy) is 2. The Morgan fingerprint density at radius 2 is 2.06 bits per heavy atom. The lowest BCUT2D eigenvalue weighted by Gasteiger charge is -2.15. The van der Waals surface area contributed by atoms with Crippen LogP contribution >= 0.6 is 27.5 Å². The zero-order valence-corrected chi connectivity index (χ0v) is 12.7. The summed E-state index contributed by atoms with van der Waals surface area (Å²) in [7, 11) is 1.55. The molecule has 18 heavy (non-hydrogen) atoms. The van der Waals surface area contributed by atoms with Gasteiger partial charge in [0.25, 0.3) is 5.88 Å². The third kappa shape index (κ3) is 2.54. The van der Waals surface area contributed by atoms with Crippen molar-refractivity contribution in [1.29, 1.82) is 0 Å². The maximum Gasteiger partial charge on any atom is 0.258 e. The minimum absolute atomic E-state index is 0.00260. The number of aromatic nitrogens is 1. The number of pyridine rings is 1. The van der Waals surface area contributed by atoms with E-state index in [1.165, 1.54) is 0 Å². The molecule has 2 rings (SSSR count). The Hall–Kier alpha value is -1.00. The van der Waals surface area contributed by atoms with Gasteiger partial charge in [-0.3, -0.25) is 0 Å². The van der Waals surface area contributed by atoms with Crippen molar-refractivity contribution in [2.75, 3.05) is 7.11 Å². The molecule has 0 aliphatic heterocycles. The number of fused-ring (bicyclic) bond motifs is 1. The third-order valence-electron chi connectivity index (χ3n) is 2.36. The summed E-state index contributed by atoms with van der Waals surface area (Å²) in [4.78, 5) is 4.40. The number of methoxy groups -OCH3 is 1. The van der Waals surface area contributed by atoms with Crippen LogP contribution in [-0.4, -0.2) is 18.2 Å². The van der Waals surface area contributed by atoms with Gasteiger partial charge in [-0.15, -0.1) is 0 Å². The van der Waals surface area contributed by atoms with E-state index in [1.807, 2.05) is 32.0 Å². The van der Waals surface area contributed by atoms with Crippen molar-refractivity contribution < 1.29 is 9.47 Å². The van der Waals surface area contributed by atoms with Crippen LogP contribution in [0.3, 0.4) is 0 Å². The monoisotopic (exact) mass is 329 g/mol. The van der Waals surface area contributed by atoms with Gasteiger partial charge >= 0.3 is 0 Å². The predicted octanol–water partition coefficient (Wildman–Crippen LogP) is 4.45. The highest BCUT2D eigenvalue weighted by Crippen LogP contribution is 2.40. The molecular weight excluding hydrogens is 318 g/mol. The summed E-state index contributed by atoms with van der Waals surface area (Å²) in [6.45, 7) is 3.86. The smallest absolute Gasteiger partial charge is 0.258 e. The standard InChI is InChI=1S/C13H13BrClNO2/c1-7(2)18-12-11(15)9-6-8(14)4-5-10(9)16-13(12)17-3/h4-7H,1-3H3. The Kier molecular flexibility index (Phi) is 3.97. The normalized spacial score (nSPS) is 11.0. The van der Waals surface area contributed by atoms with Crippen LogP contribution in [-0.2, 0) is 0 Å². The first-order valence-corrected chi connectivity index (χ1v) is 6.69. The Morgan fingerprint density at radius 1 is 1.33 bits per heavy atom. The van der Waals surface area contributed by atoms with Crippen molar-refractivity contribution in [2.45, 2.75) is 20.0 Å². The second-order valence-corrected chi connectivity index (χ2v) is 5.39. The van der Waals surface area contributed by atoms with E-state index in [0.29, 0.717) is 16.7 Å². The average molecular weight is 331 g/mol. The minimum atomic E-state index is 0.00260. The first-order valence-electron chi connectivity index (χ1n) is 5.52. The topological polar surface area (TPSA) is 31.4 Å². The fraction of sp³-hybridized carbons (Fsp3) is 0.308. The van der Waals surface area contributed by atoms with E-state index in [4.69, 9.17) is 21.1 Å². The molecule has 0 atom stereocenters. The molecule has 0 unspecified atom stereocenters. The first-order chi connectivity index (χ1) is 8.52. The molecule has 0 saturated carbocycles. The fourth-order valence-corrected chi connectivity index (χ4v) is 2.27. The number of nitrogens with zero attached hydrogens (tertiary/aromatic N) is 1. The van der Waals surface area contributed by atoms with Gasteiger partial charge in [-0.2, -0.15) is 0 Å². The minimum Gasteiger partial charge on any atom is -0.484 e. The number of halogens is 2. The van der Waals surface area contributed by atoms with Gasteiger partial charge in [0.15, 0.2) is 0 Å². The Bertz CT molecular complexity index is 587. The highest BCUT2D eigenvalue weighted by Gasteiger charge is 2.17. The van der Waals surface area contributed by atoms with Crippen LogP contribution in [0.5, 0.6) is 11.6 Å². The number of benzene rings is 1. The van der Waals surface area contributed by atoms with Gasteiger partial charge in [-0.05, 0) is 32.0 Å². The molecule has 0 aliphatic carbocycles. The molecule has 0 fully saturated rings. The molecular formula is C13H13BrClNO2. The summed E-state index contributed by atoms with van der Waals surface area (Å²) < 4.78 is 11.9. The molecule has 96 valence electrons. The summed E-state index contributed by atoms with van der Waals surface area (Å²) in [5, 5.41) is 1.36. The maximum absolute atomic E-state index is 6.38.